The van der Waals surface area contributed by atoms with Crippen LogP contribution in [-0.4, -0.2) is 82.9 Å². The van der Waals surface area contributed by atoms with Gasteiger partial charge in [-0.3, -0.25) is 39.1 Å². The van der Waals surface area contributed by atoms with Crippen molar-refractivity contribution in [2.75, 3.05) is 44.7 Å². The van der Waals surface area contributed by atoms with Crippen LogP contribution in [-0.2, 0) is 43.5 Å². The van der Waals surface area contributed by atoms with E-state index in [1.54, 1.807) is 30.3 Å². The summed E-state index contributed by atoms with van der Waals surface area (Å²) in [4.78, 5) is 65.7. The molecular weight excluding hydrogens is 572 g/mol. The molecule has 0 spiro atoms. The number of carbonyl (C=O) groups excluding carboxylic acids is 4. The van der Waals surface area contributed by atoms with Crippen LogP contribution in [0.1, 0.15) is 39.9 Å². The molecule has 0 unspecified atom stereocenters. The Labute approximate surface area is 252 Å². The van der Waals surface area contributed by atoms with E-state index < -0.39 is 23.4 Å². The number of anilines is 1. The number of hydrogen-bond acceptors (Lipinski definition) is 10. The van der Waals surface area contributed by atoms with Crippen molar-refractivity contribution in [1.82, 2.24) is 9.80 Å². The molecule has 2 heterocycles. The topological polar surface area (TPSA) is 169 Å². The number of morpholine rings is 1. The van der Waals surface area contributed by atoms with E-state index in [0.29, 0.717) is 52.9 Å². The van der Waals surface area contributed by atoms with Crippen LogP contribution in [0.2, 0.25) is 0 Å². The molecule has 0 atom stereocenters. The van der Waals surface area contributed by atoms with Crippen molar-refractivity contribution < 1.29 is 38.7 Å². The number of aliphatic hydroxyl groups excluding tert-OH is 1. The van der Waals surface area contributed by atoms with Gasteiger partial charge in [0, 0.05) is 49.7 Å². The molecule has 3 aromatic carbocycles. The lowest BCUT2D eigenvalue weighted by Gasteiger charge is -2.32. The molecule has 3 aromatic rings. The first-order valence-corrected chi connectivity index (χ1v) is 14.3. The highest BCUT2D eigenvalue weighted by Gasteiger charge is 2.33. The SMILES string of the molecule is O=C(CCC(=O)OCc1ccc(CO)c([N+](=O)[O-])c1)Nc1cc2c(c3ccccc13)C(=O)N(CCN1CCOCC1)C(=O)C2. The number of carbonyl (C=O) groups is 4. The predicted molar refractivity (Wildman–Crippen MR) is 158 cm³/mol. The van der Waals surface area contributed by atoms with Gasteiger partial charge in [0.15, 0.2) is 0 Å². The first-order valence-electron chi connectivity index (χ1n) is 14.3. The number of rotatable bonds is 11. The molecule has 13 heteroatoms. The summed E-state index contributed by atoms with van der Waals surface area (Å²) >= 11 is 0. The van der Waals surface area contributed by atoms with Gasteiger partial charge in [0.25, 0.3) is 11.6 Å². The zero-order valence-corrected chi connectivity index (χ0v) is 24.0. The van der Waals surface area contributed by atoms with E-state index in [0.717, 1.165) is 13.1 Å². The fourth-order valence-electron chi connectivity index (χ4n) is 5.39. The van der Waals surface area contributed by atoms with Crippen molar-refractivity contribution in [3.8, 4) is 0 Å². The molecular formula is C31H32N4O9. The number of nitro benzene ring substituents is 1. The maximum atomic E-state index is 13.6. The highest BCUT2D eigenvalue weighted by atomic mass is 16.6. The number of benzene rings is 3. The lowest BCUT2D eigenvalue weighted by atomic mass is 9.91. The summed E-state index contributed by atoms with van der Waals surface area (Å²) in [5, 5.41) is 24.5. The fraction of sp³-hybridized carbons (Fsp3) is 0.355. The van der Waals surface area contributed by atoms with Gasteiger partial charge in [-0.2, -0.15) is 0 Å². The number of hydrogen-bond donors (Lipinski definition) is 2. The largest absolute Gasteiger partial charge is 0.461 e. The van der Waals surface area contributed by atoms with E-state index in [1.165, 1.54) is 23.1 Å². The minimum Gasteiger partial charge on any atom is -0.461 e. The van der Waals surface area contributed by atoms with Gasteiger partial charge in [0.1, 0.15) is 6.61 Å². The number of ether oxygens (including phenoxy) is 2. The Morgan fingerprint density at radius 1 is 1.02 bits per heavy atom. The van der Waals surface area contributed by atoms with Gasteiger partial charge in [-0.1, -0.05) is 30.3 Å². The number of nitrogens with zero attached hydrogens (tertiary/aromatic N) is 3. The molecule has 5 rings (SSSR count). The summed E-state index contributed by atoms with van der Waals surface area (Å²) in [6.07, 6.45) is -0.413. The van der Waals surface area contributed by atoms with E-state index >= 15 is 0 Å². The Morgan fingerprint density at radius 3 is 2.50 bits per heavy atom. The van der Waals surface area contributed by atoms with Gasteiger partial charge in [0.05, 0.1) is 48.7 Å². The van der Waals surface area contributed by atoms with Gasteiger partial charge in [-0.05, 0) is 28.6 Å². The molecule has 0 aliphatic carbocycles. The van der Waals surface area contributed by atoms with E-state index in [2.05, 4.69) is 10.2 Å². The molecule has 1 saturated heterocycles. The van der Waals surface area contributed by atoms with E-state index in [4.69, 9.17) is 9.47 Å². The Bertz CT molecular complexity index is 1620. The first kappa shape index (κ1) is 30.7. The van der Waals surface area contributed by atoms with Crippen LogP contribution in [0.5, 0.6) is 0 Å². The summed E-state index contributed by atoms with van der Waals surface area (Å²) in [6, 6.07) is 12.9. The molecule has 0 aromatic heterocycles. The van der Waals surface area contributed by atoms with Gasteiger partial charge >= 0.3 is 5.97 Å². The van der Waals surface area contributed by atoms with Crippen molar-refractivity contribution in [1.29, 1.82) is 0 Å². The number of aliphatic hydroxyl groups is 1. The molecule has 230 valence electrons. The Kier molecular flexibility index (Phi) is 9.58. The molecule has 2 aliphatic heterocycles. The van der Waals surface area contributed by atoms with Gasteiger partial charge in [-0.25, -0.2) is 0 Å². The lowest BCUT2D eigenvalue weighted by Crippen LogP contribution is -2.47. The van der Waals surface area contributed by atoms with Gasteiger partial charge in [-0.15, -0.1) is 0 Å². The summed E-state index contributed by atoms with van der Waals surface area (Å²) in [6.45, 7) is 2.88. The van der Waals surface area contributed by atoms with Crippen LogP contribution in [0.4, 0.5) is 11.4 Å². The van der Waals surface area contributed by atoms with Gasteiger partial charge < -0.3 is 19.9 Å². The minimum absolute atomic E-state index is 0.0155. The summed E-state index contributed by atoms with van der Waals surface area (Å²) in [5.41, 5.74) is 1.63. The zero-order valence-electron chi connectivity index (χ0n) is 24.0. The second kappa shape index (κ2) is 13.7. The molecule has 2 aliphatic rings. The monoisotopic (exact) mass is 604 g/mol. The summed E-state index contributed by atoms with van der Waals surface area (Å²) < 4.78 is 10.6. The molecule has 1 fully saturated rings. The van der Waals surface area contributed by atoms with Crippen molar-refractivity contribution >= 4 is 45.8 Å². The average Bonchev–Trinajstić information content (AvgIpc) is 3.02. The third kappa shape index (κ3) is 6.91. The quantitative estimate of drug-likeness (QED) is 0.144. The van der Waals surface area contributed by atoms with E-state index in [-0.39, 0.29) is 55.5 Å². The molecule has 2 N–H and O–H groups in total. The van der Waals surface area contributed by atoms with Crippen LogP contribution in [0, 0.1) is 10.1 Å². The summed E-state index contributed by atoms with van der Waals surface area (Å²) in [5.74, 6) is -1.80. The highest BCUT2D eigenvalue weighted by molar-refractivity contribution is 6.19. The number of nitrogens with one attached hydrogen (secondary N) is 1. The Morgan fingerprint density at radius 2 is 1.77 bits per heavy atom. The normalized spacial score (nSPS) is 15.2. The average molecular weight is 605 g/mol. The Balaban J connectivity index is 1.22. The number of esters is 1. The van der Waals surface area contributed by atoms with E-state index in [9.17, 15) is 34.4 Å². The fourth-order valence-corrected chi connectivity index (χ4v) is 5.39. The molecule has 0 bridgehead atoms. The third-order valence-corrected chi connectivity index (χ3v) is 7.72. The van der Waals surface area contributed by atoms with Crippen LogP contribution >= 0.6 is 0 Å². The number of fused-ring (bicyclic) bond motifs is 3. The van der Waals surface area contributed by atoms with E-state index in [1.807, 2.05) is 0 Å². The lowest BCUT2D eigenvalue weighted by molar-refractivity contribution is -0.385. The Hall–Kier alpha value is -4.72. The molecule has 3 amide bonds. The second-order valence-corrected chi connectivity index (χ2v) is 10.6. The van der Waals surface area contributed by atoms with Crippen LogP contribution in [0.15, 0.2) is 48.5 Å². The van der Waals surface area contributed by atoms with Crippen molar-refractivity contribution in [2.45, 2.75) is 32.5 Å². The molecule has 0 radical (unpaired) electrons. The number of imide groups is 1. The van der Waals surface area contributed by atoms with Crippen molar-refractivity contribution in [3.05, 3.63) is 80.9 Å². The molecule has 44 heavy (non-hydrogen) atoms. The van der Waals surface area contributed by atoms with Crippen LogP contribution in [0.3, 0.4) is 0 Å². The van der Waals surface area contributed by atoms with Gasteiger partial charge in [0.2, 0.25) is 11.8 Å². The first-order chi connectivity index (χ1) is 21.2. The summed E-state index contributed by atoms with van der Waals surface area (Å²) in [7, 11) is 0. The van der Waals surface area contributed by atoms with Crippen LogP contribution < -0.4 is 5.32 Å². The second-order valence-electron chi connectivity index (χ2n) is 10.6. The van der Waals surface area contributed by atoms with Crippen molar-refractivity contribution in [3.63, 3.8) is 0 Å². The maximum Gasteiger partial charge on any atom is 0.306 e. The minimum atomic E-state index is -0.669. The number of amides is 3. The number of nitro groups is 1. The standard InChI is InChI=1S/C31H32N4O9/c36-18-21-6-5-20(15-26(21)35(41)42)19-44-29(39)8-7-27(37)32-25-16-22-17-28(38)34(10-9-33-11-13-43-14-12-33)31(40)30(22)24-4-2-1-3-23(24)25/h1-6,15-16,36H,7-14,17-19H2,(H,32,37). The maximum absolute atomic E-state index is 13.6. The molecule has 0 saturated carbocycles. The molecule has 13 nitrogen and oxygen atoms in total. The third-order valence-electron chi connectivity index (χ3n) is 7.72. The zero-order chi connectivity index (χ0) is 31.2. The van der Waals surface area contributed by atoms with Crippen LogP contribution in [0.25, 0.3) is 10.8 Å². The highest BCUT2D eigenvalue weighted by Crippen LogP contribution is 2.34. The smallest absolute Gasteiger partial charge is 0.306 e. The predicted octanol–water partition coefficient (Wildman–Crippen LogP) is 2.56. The van der Waals surface area contributed by atoms with Crippen molar-refractivity contribution in [2.24, 2.45) is 0 Å².